The minimum absolute atomic E-state index is 0.0928. The topological polar surface area (TPSA) is 66.6 Å². The number of hydrogen-bond donors (Lipinski definition) is 2. The molecule has 0 radical (unpaired) electrons. The zero-order chi connectivity index (χ0) is 14.1. The number of amides is 1. The summed E-state index contributed by atoms with van der Waals surface area (Å²) in [6.07, 6.45) is 5.83. The Morgan fingerprint density at radius 2 is 1.79 bits per heavy atom. The van der Waals surface area contributed by atoms with E-state index in [4.69, 9.17) is 18.0 Å². The van der Waals surface area contributed by atoms with Gasteiger partial charge in [-0.25, -0.2) is 0 Å². The number of hydrogen-bond acceptors (Lipinski definition) is 3. The van der Waals surface area contributed by atoms with Crippen molar-refractivity contribution in [2.75, 3.05) is 13.1 Å². The van der Waals surface area contributed by atoms with Crippen LogP contribution in [-0.4, -0.2) is 39.6 Å². The van der Waals surface area contributed by atoms with Gasteiger partial charge in [-0.2, -0.15) is 0 Å². The average molecular weight is 284 g/mol. The van der Waals surface area contributed by atoms with Gasteiger partial charge in [-0.3, -0.25) is 4.79 Å². The number of carbonyl (C=O) groups is 1. The Kier molecular flexibility index (Phi) is 4.16. The molecule has 4 nitrogen and oxygen atoms in total. The Bertz CT molecular complexity index is 376. The monoisotopic (exact) mass is 284 g/mol. The third-order valence-corrected chi connectivity index (χ3v) is 5.08. The van der Waals surface area contributed by atoms with E-state index >= 15 is 0 Å². The van der Waals surface area contributed by atoms with Crippen LogP contribution in [0.2, 0.25) is 0 Å². The fraction of sp³-hybridized carbons (Fsp3) is 0.857. The highest BCUT2D eigenvalue weighted by molar-refractivity contribution is 7.80. The molecular formula is C14H24N2O2S. The molecule has 0 bridgehead atoms. The van der Waals surface area contributed by atoms with Crippen molar-refractivity contribution in [3.05, 3.63) is 0 Å². The number of nitrogens with two attached hydrogens (primary N) is 1. The minimum Gasteiger partial charge on any atom is -0.392 e. The Balaban J connectivity index is 2.12. The van der Waals surface area contributed by atoms with E-state index in [0.29, 0.717) is 24.5 Å². The molecule has 1 saturated carbocycles. The van der Waals surface area contributed by atoms with E-state index in [2.05, 4.69) is 0 Å². The first kappa shape index (κ1) is 14.7. The third-order valence-electron chi connectivity index (χ3n) is 4.69. The molecule has 1 saturated heterocycles. The molecule has 1 heterocycles. The van der Waals surface area contributed by atoms with E-state index in [1.807, 2.05) is 11.8 Å². The van der Waals surface area contributed by atoms with Gasteiger partial charge in [-0.1, -0.05) is 25.1 Å². The predicted molar refractivity (Wildman–Crippen MR) is 78.7 cm³/mol. The number of rotatable bonds is 2. The second-order valence-electron chi connectivity index (χ2n) is 6.30. The maximum atomic E-state index is 12.8. The summed E-state index contributed by atoms with van der Waals surface area (Å²) in [7, 11) is 0. The van der Waals surface area contributed by atoms with Crippen molar-refractivity contribution in [3.63, 3.8) is 0 Å². The lowest BCUT2D eigenvalue weighted by atomic mass is 9.84. The summed E-state index contributed by atoms with van der Waals surface area (Å²) in [5.41, 5.74) is 4.61. The van der Waals surface area contributed by atoms with Crippen molar-refractivity contribution in [2.24, 2.45) is 11.1 Å². The summed E-state index contributed by atoms with van der Waals surface area (Å²) in [5, 5.41) is 10.1. The van der Waals surface area contributed by atoms with Crippen molar-refractivity contribution in [1.82, 2.24) is 4.90 Å². The lowest BCUT2D eigenvalue weighted by Gasteiger charge is -2.33. The summed E-state index contributed by atoms with van der Waals surface area (Å²) in [6, 6.07) is 0. The number of nitrogens with zero attached hydrogens (tertiary/aromatic N) is 1. The number of likely N-dealkylation sites (tertiary alicyclic amines) is 1. The first-order valence-corrected chi connectivity index (χ1v) is 7.60. The lowest BCUT2D eigenvalue weighted by molar-refractivity contribution is -0.138. The molecular weight excluding hydrogens is 260 g/mol. The Hall–Kier alpha value is -0.680. The van der Waals surface area contributed by atoms with E-state index in [-0.39, 0.29) is 5.91 Å². The number of carbonyl (C=O) groups excluding carboxylic acids is 1. The van der Waals surface area contributed by atoms with Crippen molar-refractivity contribution in [1.29, 1.82) is 0 Å². The normalized spacial score (nSPS) is 30.9. The molecule has 1 aliphatic carbocycles. The van der Waals surface area contributed by atoms with Crippen LogP contribution in [0, 0.1) is 5.41 Å². The van der Waals surface area contributed by atoms with Gasteiger partial charge < -0.3 is 15.7 Å². The van der Waals surface area contributed by atoms with Gasteiger partial charge in [-0.15, -0.1) is 0 Å². The molecule has 0 aromatic rings. The Labute approximate surface area is 120 Å². The van der Waals surface area contributed by atoms with Gasteiger partial charge in [0.25, 0.3) is 0 Å². The molecule has 1 aliphatic heterocycles. The largest absolute Gasteiger partial charge is 0.392 e. The van der Waals surface area contributed by atoms with Gasteiger partial charge in [0.15, 0.2) is 0 Å². The molecule has 19 heavy (non-hydrogen) atoms. The van der Waals surface area contributed by atoms with Crippen LogP contribution in [0.4, 0.5) is 0 Å². The zero-order valence-corrected chi connectivity index (χ0v) is 12.5. The Morgan fingerprint density at radius 3 is 2.37 bits per heavy atom. The molecule has 108 valence electrons. The maximum Gasteiger partial charge on any atom is 0.235 e. The van der Waals surface area contributed by atoms with Gasteiger partial charge in [0.05, 0.1) is 16.0 Å². The zero-order valence-electron chi connectivity index (χ0n) is 11.7. The fourth-order valence-corrected chi connectivity index (χ4v) is 3.60. The summed E-state index contributed by atoms with van der Waals surface area (Å²) in [4.78, 5) is 15.0. The molecule has 0 aromatic carbocycles. The molecule has 1 amide bonds. The van der Waals surface area contributed by atoms with Gasteiger partial charge in [0.2, 0.25) is 5.91 Å². The van der Waals surface area contributed by atoms with Gasteiger partial charge in [-0.05, 0) is 39.0 Å². The van der Waals surface area contributed by atoms with Gasteiger partial charge >= 0.3 is 0 Å². The summed E-state index contributed by atoms with van der Waals surface area (Å²) >= 11 is 5.17. The summed E-state index contributed by atoms with van der Waals surface area (Å²) < 4.78 is 0. The molecule has 2 aliphatic rings. The second kappa shape index (κ2) is 5.37. The summed E-state index contributed by atoms with van der Waals surface area (Å²) in [5.74, 6) is 0.0928. The molecule has 1 unspecified atom stereocenters. The highest BCUT2D eigenvalue weighted by atomic mass is 32.1. The first-order valence-electron chi connectivity index (χ1n) is 7.19. The quantitative estimate of drug-likeness (QED) is 0.756. The van der Waals surface area contributed by atoms with Crippen molar-refractivity contribution >= 4 is 23.1 Å². The highest BCUT2D eigenvalue weighted by Gasteiger charge is 2.46. The number of thiocarbonyl (C=S) groups is 1. The Morgan fingerprint density at radius 1 is 1.16 bits per heavy atom. The molecule has 2 fully saturated rings. The first-order chi connectivity index (χ1) is 8.87. The van der Waals surface area contributed by atoms with E-state index in [9.17, 15) is 9.90 Å². The molecule has 0 aromatic heterocycles. The van der Waals surface area contributed by atoms with Crippen molar-refractivity contribution < 1.29 is 9.90 Å². The van der Waals surface area contributed by atoms with Crippen LogP contribution in [0.3, 0.4) is 0 Å². The SMILES string of the molecule is CC1(O)CCCN(C(=O)C2(C(N)=S)CCCC2)CC1. The van der Waals surface area contributed by atoms with Gasteiger partial charge in [0.1, 0.15) is 0 Å². The lowest BCUT2D eigenvalue weighted by Crippen LogP contribution is -2.49. The van der Waals surface area contributed by atoms with E-state index in [1.165, 1.54) is 0 Å². The third kappa shape index (κ3) is 2.92. The van der Waals surface area contributed by atoms with Crippen LogP contribution in [-0.2, 0) is 4.79 Å². The molecule has 2 rings (SSSR count). The highest BCUT2D eigenvalue weighted by Crippen LogP contribution is 2.40. The molecule has 5 heteroatoms. The van der Waals surface area contributed by atoms with Crippen LogP contribution in [0.1, 0.15) is 51.9 Å². The fourth-order valence-electron chi connectivity index (χ4n) is 3.31. The van der Waals surface area contributed by atoms with Crippen molar-refractivity contribution in [2.45, 2.75) is 57.5 Å². The maximum absolute atomic E-state index is 12.8. The van der Waals surface area contributed by atoms with Crippen LogP contribution >= 0.6 is 12.2 Å². The molecule has 1 atom stereocenters. The van der Waals surface area contributed by atoms with Crippen LogP contribution in [0.25, 0.3) is 0 Å². The van der Waals surface area contributed by atoms with Crippen LogP contribution < -0.4 is 5.73 Å². The predicted octanol–water partition coefficient (Wildman–Crippen LogP) is 1.60. The minimum atomic E-state index is -0.652. The molecule has 3 N–H and O–H groups in total. The number of aliphatic hydroxyl groups is 1. The summed E-state index contributed by atoms with van der Waals surface area (Å²) in [6.45, 7) is 3.16. The van der Waals surface area contributed by atoms with E-state index in [0.717, 1.165) is 38.5 Å². The van der Waals surface area contributed by atoms with Crippen LogP contribution in [0.15, 0.2) is 0 Å². The smallest absolute Gasteiger partial charge is 0.235 e. The van der Waals surface area contributed by atoms with E-state index < -0.39 is 11.0 Å². The van der Waals surface area contributed by atoms with E-state index in [1.54, 1.807) is 0 Å². The van der Waals surface area contributed by atoms with Crippen LogP contribution in [0.5, 0.6) is 0 Å². The van der Waals surface area contributed by atoms with Gasteiger partial charge in [0, 0.05) is 13.1 Å². The van der Waals surface area contributed by atoms with Crippen molar-refractivity contribution in [3.8, 4) is 0 Å². The second-order valence-corrected chi connectivity index (χ2v) is 6.74. The standard InChI is InChI=1S/C14H24N2O2S/c1-13(18)5-4-9-16(10-8-13)12(17)14(11(15)19)6-2-3-7-14/h18H,2-10H2,1H3,(H2,15,19). The average Bonchev–Trinajstić information content (AvgIpc) is 2.76. The molecule has 0 spiro atoms.